The fraction of sp³-hybridized carbons (Fsp3) is 0.200. The van der Waals surface area contributed by atoms with Crippen LogP contribution in [0.5, 0.6) is 0 Å². The molecule has 0 aliphatic carbocycles. The maximum absolute atomic E-state index is 11.9. The molecular formula is C15H15BrClN3O2. The van der Waals surface area contributed by atoms with Gasteiger partial charge in [-0.25, -0.2) is 0 Å². The van der Waals surface area contributed by atoms with Gasteiger partial charge >= 0.3 is 0 Å². The van der Waals surface area contributed by atoms with Gasteiger partial charge in [-0.2, -0.15) is 0 Å². The van der Waals surface area contributed by atoms with Gasteiger partial charge in [-0.3, -0.25) is 20.4 Å². The number of amides is 2. The van der Waals surface area contributed by atoms with Gasteiger partial charge in [0.2, 0.25) is 5.91 Å². The van der Waals surface area contributed by atoms with Gasteiger partial charge in [0.25, 0.3) is 5.91 Å². The number of benzene rings is 1. The molecule has 22 heavy (non-hydrogen) atoms. The minimum Gasteiger partial charge on any atom is -0.345 e. The van der Waals surface area contributed by atoms with E-state index in [0.29, 0.717) is 17.1 Å². The summed E-state index contributed by atoms with van der Waals surface area (Å²) in [5.41, 5.74) is 6.13. The lowest BCUT2D eigenvalue weighted by molar-refractivity contribution is -0.121. The summed E-state index contributed by atoms with van der Waals surface area (Å²) in [6.45, 7) is 0. The van der Waals surface area contributed by atoms with Crippen LogP contribution in [0.25, 0.3) is 0 Å². The normalized spacial score (nSPS) is 10.3. The molecule has 2 aromatic rings. The summed E-state index contributed by atoms with van der Waals surface area (Å²) in [6, 6.07) is 9.03. The molecule has 1 aromatic carbocycles. The highest BCUT2D eigenvalue weighted by atomic mass is 79.9. The summed E-state index contributed by atoms with van der Waals surface area (Å²) in [5.74, 6) is -0.652. The van der Waals surface area contributed by atoms with E-state index < -0.39 is 0 Å². The van der Waals surface area contributed by atoms with Crippen molar-refractivity contribution >= 4 is 39.3 Å². The van der Waals surface area contributed by atoms with Crippen LogP contribution in [0.15, 0.2) is 41.0 Å². The molecule has 1 aromatic heterocycles. The monoisotopic (exact) mass is 383 g/mol. The molecule has 0 spiro atoms. The lowest BCUT2D eigenvalue weighted by Crippen LogP contribution is -2.42. The number of carbonyl (C=O) groups is 2. The van der Waals surface area contributed by atoms with Gasteiger partial charge in [0.15, 0.2) is 0 Å². The molecule has 0 atom stereocenters. The van der Waals surface area contributed by atoms with E-state index in [-0.39, 0.29) is 18.2 Å². The van der Waals surface area contributed by atoms with Crippen LogP contribution >= 0.6 is 27.5 Å². The number of nitrogens with one attached hydrogen (secondary N) is 2. The fourth-order valence-corrected chi connectivity index (χ4v) is 2.71. The van der Waals surface area contributed by atoms with Crippen LogP contribution in [0.3, 0.4) is 0 Å². The zero-order chi connectivity index (χ0) is 16.1. The van der Waals surface area contributed by atoms with E-state index in [4.69, 9.17) is 11.6 Å². The number of nitrogens with zero attached hydrogens (tertiary/aromatic N) is 1. The first-order valence-electron chi connectivity index (χ1n) is 6.62. The molecule has 0 aliphatic heterocycles. The molecule has 0 unspecified atom stereocenters. The van der Waals surface area contributed by atoms with Crippen molar-refractivity contribution in [3.8, 4) is 0 Å². The predicted molar refractivity (Wildman–Crippen MR) is 88.5 cm³/mol. The number of carbonyl (C=O) groups excluding carboxylic acids is 2. The van der Waals surface area contributed by atoms with Crippen molar-refractivity contribution in [3.63, 3.8) is 0 Å². The van der Waals surface area contributed by atoms with E-state index in [1.165, 1.54) is 0 Å². The van der Waals surface area contributed by atoms with Gasteiger partial charge < -0.3 is 4.57 Å². The molecule has 0 fully saturated rings. The van der Waals surface area contributed by atoms with E-state index in [1.54, 1.807) is 29.9 Å². The zero-order valence-corrected chi connectivity index (χ0v) is 14.2. The van der Waals surface area contributed by atoms with Crippen LogP contribution in [0.4, 0.5) is 0 Å². The van der Waals surface area contributed by atoms with E-state index in [2.05, 4.69) is 26.8 Å². The number of halogens is 2. The molecular weight excluding hydrogens is 370 g/mol. The molecule has 2 rings (SSSR count). The molecule has 2 amide bonds. The van der Waals surface area contributed by atoms with Crippen LogP contribution in [0, 0.1) is 0 Å². The SMILES string of the molecule is Cn1cc(Br)cc1C(=O)NNC(=O)CCc1ccccc1Cl. The molecule has 0 radical (unpaired) electrons. The largest absolute Gasteiger partial charge is 0.345 e. The topological polar surface area (TPSA) is 63.1 Å². The second-order valence-corrected chi connectivity index (χ2v) is 6.07. The van der Waals surface area contributed by atoms with Crippen LogP contribution in [0.1, 0.15) is 22.5 Å². The molecule has 0 aliphatic rings. The molecule has 1 heterocycles. The molecule has 5 nitrogen and oxygen atoms in total. The van der Waals surface area contributed by atoms with Crippen molar-refractivity contribution in [2.45, 2.75) is 12.8 Å². The number of aryl methyl sites for hydroxylation is 2. The third kappa shape index (κ3) is 4.35. The third-order valence-electron chi connectivity index (χ3n) is 3.10. The van der Waals surface area contributed by atoms with Crippen LogP contribution in [-0.4, -0.2) is 16.4 Å². The van der Waals surface area contributed by atoms with Gasteiger partial charge in [0, 0.05) is 29.2 Å². The van der Waals surface area contributed by atoms with Crippen molar-refractivity contribution in [2.24, 2.45) is 7.05 Å². The molecule has 0 saturated carbocycles. The summed E-state index contributed by atoms with van der Waals surface area (Å²) in [6.07, 6.45) is 2.51. The quantitative estimate of drug-likeness (QED) is 0.796. The molecule has 0 bridgehead atoms. The summed E-state index contributed by atoms with van der Waals surface area (Å²) in [7, 11) is 1.75. The fourth-order valence-electron chi connectivity index (χ4n) is 1.95. The Morgan fingerprint density at radius 2 is 2.00 bits per heavy atom. The minimum atomic E-state index is -0.376. The van der Waals surface area contributed by atoms with Gasteiger partial charge in [-0.05, 0) is 40.0 Å². The first-order chi connectivity index (χ1) is 10.5. The Morgan fingerprint density at radius 1 is 1.27 bits per heavy atom. The third-order valence-corrected chi connectivity index (χ3v) is 3.90. The average molecular weight is 385 g/mol. The first kappa shape index (κ1) is 16.6. The lowest BCUT2D eigenvalue weighted by Gasteiger charge is -2.08. The highest BCUT2D eigenvalue weighted by molar-refractivity contribution is 9.10. The standard InChI is InChI=1S/C15H15BrClN3O2/c1-20-9-11(16)8-13(20)15(22)19-18-14(21)7-6-10-4-2-3-5-12(10)17/h2-5,8-9H,6-7H2,1H3,(H,18,21)(H,19,22). The number of rotatable bonds is 4. The number of hydrazine groups is 1. The highest BCUT2D eigenvalue weighted by Gasteiger charge is 2.12. The van der Waals surface area contributed by atoms with Crippen molar-refractivity contribution in [3.05, 3.63) is 57.3 Å². The smallest absolute Gasteiger partial charge is 0.286 e. The summed E-state index contributed by atoms with van der Waals surface area (Å²) >= 11 is 9.31. The maximum atomic E-state index is 11.9. The van der Waals surface area contributed by atoms with Crippen molar-refractivity contribution in [2.75, 3.05) is 0 Å². The van der Waals surface area contributed by atoms with E-state index >= 15 is 0 Å². The Labute approximate surface area is 141 Å². The highest BCUT2D eigenvalue weighted by Crippen LogP contribution is 2.16. The van der Waals surface area contributed by atoms with Crippen LogP contribution in [0.2, 0.25) is 5.02 Å². The second kappa shape index (κ2) is 7.47. The molecule has 0 saturated heterocycles. The lowest BCUT2D eigenvalue weighted by atomic mass is 10.1. The van der Waals surface area contributed by atoms with Crippen molar-refractivity contribution < 1.29 is 9.59 Å². The molecule has 116 valence electrons. The van der Waals surface area contributed by atoms with Gasteiger partial charge in [0.05, 0.1) is 0 Å². The van der Waals surface area contributed by atoms with Gasteiger partial charge in [-0.1, -0.05) is 29.8 Å². The number of hydrogen-bond donors (Lipinski definition) is 2. The average Bonchev–Trinajstić information content (AvgIpc) is 2.82. The van der Waals surface area contributed by atoms with Crippen LogP contribution in [-0.2, 0) is 18.3 Å². The van der Waals surface area contributed by atoms with Crippen molar-refractivity contribution in [1.29, 1.82) is 0 Å². The Morgan fingerprint density at radius 3 is 2.64 bits per heavy atom. The van der Waals surface area contributed by atoms with E-state index in [9.17, 15) is 9.59 Å². The molecule has 2 N–H and O–H groups in total. The van der Waals surface area contributed by atoms with Crippen molar-refractivity contribution in [1.82, 2.24) is 15.4 Å². The Kier molecular flexibility index (Phi) is 5.63. The number of aromatic nitrogens is 1. The number of hydrogen-bond acceptors (Lipinski definition) is 2. The maximum Gasteiger partial charge on any atom is 0.286 e. The first-order valence-corrected chi connectivity index (χ1v) is 7.79. The summed E-state index contributed by atoms with van der Waals surface area (Å²) in [5, 5.41) is 0.632. The van der Waals surface area contributed by atoms with Gasteiger partial charge in [0.1, 0.15) is 5.69 Å². The zero-order valence-electron chi connectivity index (χ0n) is 11.9. The van der Waals surface area contributed by atoms with E-state index in [0.717, 1.165) is 10.0 Å². The van der Waals surface area contributed by atoms with E-state index in [1.807, 2.05) is 18.2 Å². The van der Waals surface area contributed by atoms with Gasteiger partial charge in [-0.15, -0.1) is 0 Å². The second-order valence-electron chi connectivity index (χ2n) is 4.75. The Balaban J connectivity index is 1.82. The Hall–Kier alpha value is -1.79. The van der Waals surface area contributed by atoms with Crippen LogP contribution < -0.4 is 10.9 Å². The molecule has 7 heteroatoms. The predicted octanol–water partition coefficient (Wildman–Crippen LogP) is 2.83. The minimum absolute atomic E-state index is 0.237. The Bertz CT molecular complexity index is 700. The summed E-state index contributed by atoms with van der Waals surface area (Å²) in [4.78, 5) is 23.7. The summed E-state index contributed by atoms with van der Waals surface area (Å²) < 4.78 is 2.46.